The van der Waals surface area contributed by atoms with Crippen molar-refractivity contribution < 1.29 is 4.79 Å². The number of rotatable bonds is 2. The van der Waals surface area contributed by atoms with Crippen molar-refractivity contribution in [3.63, 3.8) is 0 Å². The second-order valence-electron chi connectivity index (χ2n) is 5.22. The highest BCUT2D eigenvalue weighted by atomic mass is 16.2. The van der Waals surface area contributed by atoms with E-state index in [0.717, 1.165) is 39.0 Å². The lowest BCUT2D eigenvalue weighted by Gasteiger charge is -2.26. The number of nitrogens with zero attached hydrogens (tertiary/aromatic N) is 1. The van der Waals surface area contributed by atoms with Crippen molar-refractivity contribution in [3.05, 3.63) is 0 Å². The summed E-state index contributed by atoms with van der Waals surface area (Å²) in [6.07, 6.45) is 2.05. The zero-order valence-corrected chi connectivity index (χ0v) is 9.68. The smallest absolute Gasteiger partial charge is 0.224 e. The van der Waals surface area contributed by atoms with Crippen molar-refractivity contribution in [3.8, 4) is 0 Å². The van der Waals surface area contributed by atoms with Crippen LogP contribution in [0, 0.1) is 5.92 Å². The number of amides is 1. The normalized spacial score (nSPS) is 37.1. The summed E-state index contributed by atoms with van der Waals surface area (Å²) < 4.78 is 0. The first-order valence-corrected chi connectivity index (χ1v) is 5.80. The number of likely N-dealkylation sites (tertiary alicyclic amines) is 1. The third kappa shape index (κ3) is 2.49. The standard InChI is InChI=1S/C11H21N3O/c1-11(4-5-12-8-11)13-10(15)9-3-6-14(2)7-9/h9,12H,3-8H2,1-2H3,(H,13,15). The molecule has 15 heavy (non-hydrogen) atoms. The van der Waals surface area contributed by atoms with Gasteiger partial charge in [0.2, 0.25) is 5.91 Å². The van der Waals surface area contributed by atoms with Crippen LogP contribution >= 0.6 is 0 Å². The number of hydrogen-bond donors (Lipinski definition) is 2. The molecule has 2 N–H and O–H groups in total. The van der Waals surface area contributed by atoms with Gasteiger partial charge in [0.05, 0.1) is 11.5 Å². The molecule has 0 saturated carbocycles. The van der Waals surface area contributed by atoms with Gasteiger partial charge in [-0.25, -0.2) is 0 Å². The fraction of sp³-hybridized carbons (Fsp3) is 0.909. The number of carbonyl (C=O) groups is 1. The minimum Gasteiger partial charge on any atom is -0.349 e. The van der Waals surface area contributed by atoms with Crippen molar-refractivity contribution in [2.75, 3.05) is 33.2 Å². The minimum atomic E-state index is -0.0156. The molecule has 0 radical (unpaired) electrons. The fourth-order valence-corrected chi connectivity index (χ4v) is 2.47. The summed E-state index contributed by atoms with van der Waals surface area (Å²) in [4.78, 5) is 14.2. The number of carbonyl (C=O) groups excluding carboxylic acids is 1. The molecule has 0 aromatic rings. The predicted molar refractivity (Wildman–Crippen MR) is 59.6 cm³/mol. The first-order chi connectivity index (χ1) is 7.09. The minimum absolute atomic E-state index is 0.0156. The zero-order chi connectivity index (χ0) is 10.9. The van der Waals surface area contributed by atoms with Crippen molar-refractivity contribution in [1.29, 1.82) is 0 Å². The van der Waals surface area contributed by atoms with Crippen LogP contribution in [0.2, 0.25) is 0 Å². The van der Waals surface area contributed by atoms with E-state index >= 15 is 0 Å². The van der Waals surface area contributed by atoms with E-state index in [1.165, 1.54) is 0 Å². The van der Waals surface area contributed by atoms with Crippen molar-refractivity contribution in [2.24, 2.45) is 5.92 Å². The van der Waals surface area contributed by atoms with E-state index in [1.54, 1.807) is 0 Å². The second kappa shape index (κ2) is 4.10. The quantitative estimate of drug-likeness (QED) is 0.665. The van der Waals surface area contributed by atoms with Gasteiger partial charge in [0.25, 0.3) is 0 Å². The van der Waals surface area contributed by atoms with Crippen LogP contribution in [0.4, 0.5) is 0 Å². The Bertz CT molecular complexity index is 248. The Labute approximate surface area is 91.4 Å². The Morgan fingerprint density at radius 1 is 1.60 bits per heavy atom. The molecule has 2 atom stereocenters. The fourth-order valence-electron chi connectivity index (χ4n) is 2.47. The van der Waals surface area contributed by atoms with Crippen LogP contribution < -0.4 is 10.6 Å². The first-order valence-electron chi connectivity index (χ1n) is 5.80. The van der Waals surface area contributed by atoms with Crippen LogP contribution in [-0.2, 0) is 4.79 Å². The maximum Gasteiger partial charge on any atom is 0.224 e. The SMILES string of the molecule is CN1CCC(C(=O)NC2(C)CCNC2)C1. The predicted octanol–water partition coefficient (Wildman–Crippen LogP) is -0.194. The van der Waals surface area contributed by atoms with Crippen LogP contribution in [0.3, 0.4) is 0 Å². The Morgan fingerprint density at radius 3 is 2.93 bits per heavy atom. The Kier molecular flexibility index (Phi) is 2.98. The number of hydrogen-bond acceptors (Lipinski definition) is 3. The van der Waals surface area contributed by atoms with Gasteiger partial charge in [0.15, 0.2) is 0 Å². The lowest BCUT2D eigenvalue weighted by molar-refractivity contribution is -0.126. The summed E-state index contributed by atoms with van der Waals surface area (Å²) in [7, 11) is 2.08. The topological polar surface area (TPSA) is 44.4 Å². The molecular formula is C11H21N3O. The van der Waals surface area contributed by atoms with Crippen molar-refractivity contribution in [1.82, 2.24) is 15.5 Å². The summed E-state index contributed by atoms with van der Waals surface area (Å²) in [5.41, 5.74) is -0.0156. The molecule has 0 aromatic carbocycles. The molecule has 2 fully saturated rings. The summed E-state index contributed by atoms with van der Waals surface area (Å²) in [5.74, 6) is 0.443. The van der Waals surface area contributed by atoms with E-state index in [2.05, 4.69) is 29.5 Å². The molecular weight excluding hydrogens is 190 g/mol. The van der Waals surface area contributed by atoms with E-state index in [0.29, 0.717) is 0 Å². The van der Waals surface area contributed by atoms with E-state index < -0.39 is 0 Å². The molecule has 0 aliphatic carbocycles. The molecule has 0 spiro atoms. The van der Waals surface area contributed by atoms with Crippen LogP contribution in [0.15, 0.2) is 0 Å². The summed E-state index contributed by atoms with van der Waals surface area (Å²) >= 11 is 0. The van der Waals surface area contributed by atoms with Gasteiger partial charge >= 0.3 is 0 Å². The third-order valence-corrected chi connectivity index (χ3v) is 3.56. The van der Waals surface area contributed by atoms with Crippen molar-refractivity contribution in [2.45, 2.75) is 25.3 Å². The van der Waals surface area contributed by atoms with Crippen LogP contribution in [-0.4, -0.2) is 49.6 Å². The van der Waals surface area contributed by atoms with Crippen LogP contribution in [0.25, 0.3) is 0 Å². The van der Waals surface area contributed by atoms with Gasteiger partial charge in [-0.2, -0.15) is 0 Å². The summed E-state index contributed by atoms with van der Waals surface area (Å²) in [6.45, 7) is 6.01. The second-order valence-corrected chi connectivity index (χ2v) is 5.22. The Hall–Kier alpha value is -0.610. The molecule has 2 unspecified atom stereocenters. The highest BCUT2D eigenvalue weighted by Gasteiger charge is 2.34. The van der Waals surface area contributed by atoms with E-state index in [9.17, 15) is 4.79 Å². The summed E-state index contributed by atoms with van der Waals surface area (Å²) in [6, 6.07) is 0. The van der Waals surface area contributed by atoms with Crippen LogP contribution in [0.1, 0.15) is 19.8 Å². The molecule has 4 heteroatoms. The monoisotopic (exact) mass is 211 g/mol. The zero-order valence-electron chi connectivity index (χ0n) is 9.68. The van der Waals surface area contributed by atoms with Gasteiger partial charge in [-0.15, -0.1) is 0 Å². The third-order valence-electron chi connectivity index (χ3n) is 3.56. The molecule has 4 nitrogen and oxygen atoms in total. The van der Waals surface area contributed by atoms with Gasteiger partial charge < -0.3 is 15.5 Å². The van der Waals surface area contributed by atoms with Gasteiger partial charge in [0.1, 0.15) is 0 Å². The molecule has 2 aliphatic rings. The largest absolute Gasteiger partial charge is 0.349 e. The Morgan fingerprint density at radius 2 is 2.40 bits per heavy atom. The van der Waals surface area contributed by atoms with Gasteiger partial charge in [-0.3, -0.25) is 4.79 Å². The lowest BCUT2D eigenvalue weighted by atomic mass is 9.99. The molecule has 1 amide bonds. The molecule has 2 aliphatic heterocycles. The van der Waals surface area contributed by atoms with E-state index in [-0.39, 0.29) is 17.4 Å². The number of nitrogens with one attached hydrogen (secondary N) is 2. The average molecular weight is 211 g/mol. The summed E-state index contributed by atoms with van der Waals surface area (Å²) in [5, 5.41) is 6.48. The highest BCUT2D eigenvalue weighted by Crippen LogP contribution is 2.18. The molecule has 86 valence electrons. The van der Waals surface area contributed by atoms with E-state index in [4.69, 9.17) is 0 Å². The molecule has 0 bridgehead atoms. The molecule has 2 saturated heterocycles. The maximum atomic E-state index is 12.0. The van der Waals surface area contributed by atoms with Gasteiger partial charge in [-0.05, 0) is 39.9 Å². The van der Waals surface area contributed by atoms with Crippen LogP contribution in [0.5, 0.6) is 0 Å². The Balaban J connectivity index is 1.86. The molecule has 2 heterocycles. The first kappa shape index (κ1) is 10.9. The molecule has 0 aromatic heterocycles. The van der Waals surface area contributed by atoms with Gasteiger partial charge in [-0.1, -0.05) is 0 Å². The molecule has 2 rings (SSSR count). The lowest BCUT2D eigenvalue weighted by Crippen LogP contribution is -2.50. The van der Waals surface area contributed by atoms with E-state index in [1.807, 2.05) is 0 Å². The average Bonchev–Trinajstić information content (AvgIpc) is 2.75. The van der Waals surface area contributed by atoms with Gasteiger partial charge in [0, 0.05) is 13.1 Å². The maximum absolute atomic E-state index is 12.0. The highest BCUT2D eigenvalue weighted by molar-refractivity contribution is 5.80. The van der Waals surface area contributed by atoms with Crippen molar-refractivity contribution >= 4 is 5.91 Å².